The SMILES string of the molecule is [2H]C(CC[C@@H](C)[C@H]1CC[C@H]2[C@@H]3CC=C4CC(OC(C)=O)C[C@H](OC(C)=O)[C@]4(C)[C@H]3CC[C@]12C)C(C)(C)O. The quantitative estimate of drug-likeness (QED) is 0.312. The molecule has 0 amide bonds. The molecule has 1 N–H and O–H groups in total. The molecule has 0 bridgehead atoms. The predicted molar refractivity (Wildman–Crippen MR) is 141 cm³/mol. The van der Waals surface area contributed by atoms with E-state index in [1.807, 2.05) is 0 Å². The zero-order chi connectivity index (χ0) is 27.3. The first-order valence-electron chi connectivity index (χ1n) is 14.9. The van der Waals surface area contributed by atoms with Gasteiger partial charge in [-0.25, -0.2) is 0 Å². The van der Waals surface area contributed by atoms with Gasteiger partial charge in [0.1, 0.15) is 12.2 Å². The Bertz CT molecular complexity index is 908. The summed E-state index contributed by atoms with van der Waals surface area (Å²) in [4.78, 5) is 23.9. The molecule has 4 rings (SSSR count). The van der Waals surface area contributed by atoms with Crippen molar-refractivity contribution >= 4 is 11.9 Å². The van der Waals surface area contributed by atoms with E-state index in [1.54, 1.807) is 13.8 Å². The number of fused-ring (bicyclic) bond motifs is 5. The van der Waals surface area contributed by atoms with Crippen LogP contribution in [-0.2, 0) is 19.1 Å². The molecule has 5 nitrogen and oxygen atoms in total. The Morgan fingerprint density at radius 2 is 1.86 bits per heavy atom. The highest BCUT2D eigenvalue weighted by Gasteiger charge is 2.62. The van der Waals surface area contributed by atoms with Crippen molar-refractivity contribution in [1.29, 1.82) is 0 Å². The van der Waals surface area contributed by atoms with Gasteiger partial charge in [0.15, 0.2) is 0 Å². The number of esters is 2. The molecule has 4 aliphatic rings. The molecule has 0 aliphatic heterocycles. The highest BCUT2D eigenvalue weighted by molar-refractivity contribution is 5.67. The summed E-state index contributed by atoms with van der Waals surface area (Å²) in [5, 5.41) is 10.2. The first-order valence-corrected chi connectivity index (χ1v) is 14.4. The van der Waals surface area contributed by atoms with Gasteiger partial charge in [-0.15, -0.1) is 0 Å². The highest BCUT2D eigenvalue weighted by atomic mass is 16.6. The second-order valence-electron chi connectivity index (χ2n) is 13.5. The van der Waals surface area contributed by atoms with Gasteiger partial charge < -0.3 is 14.6 Å². The van der Waals surface area contributed by atoms with E-state index in [2.05, 4.69) is 26.8 Å². The van der Waals surface area contributed by atoms with Crippen LogP contribution in [0.1, 0.15) is 114 Å². The van der Waals surface area contributed by atoms with E-state index < -0.39 is 12.0 Å². The lowest BCUT2D eigenvalue weighted by molar-refractivity contribution is -0.172. The second-order valence-corrected chi connectivity index (χ2v) is 13.5. The van der Waals surface area contributed by atoms with Crippen LogP contribution in [0.5, 0.6) is 0 Å². The molecular weight excluding hydrogens is 452 g/mol. The highest BCUT2D eigenvalue weighted by Crippen LogP contribution is 2.67. The Morgan fingerprint density at radius 1 is 1.17 bits per heavy atom. The van der Waals surface area contributed by atoms with Crippen molar-refractivity contribution in [2.45, 2.75) is 130 Å². The Balaban J connectivity index is 1.54. The van der Waals surface area contributed by atoms with Crippen molar-refractivity contribution in [3.05, 3.63) is 11.6 Å². The summed E-state index contributed by atoms with van der Waals surface area (Å²) in [6, 6.07) is 0. The number of hydrogen-bond acceptors (Lipinski definition) is 5. The minimum Gasteiger partial charge on any atom is -0.462 e. The van der Waals surface area contributed by atoms with E-state index >= 15 is 0 Å². The van der Waals surface area contributed by atoms with E-state index in [4.69, 9.17) is 10.8 Å². The first kappa shape index (κ1) is 26.3. The number of rotatable bonds is 7. The van der Waals surface area contributed by atoms with E-state index in [9.17, 15) is 14.7 Å². The van der Waals surface area contributed by atoms with Crippen LogP contribution >= 0.6 is 0 Å². The third-order valence-electron chi connectivity index (χ3n) is 10.8. The molecule has 0 aromatic carbocycles. The minimum atomic E-state index is -0.950. The van der Waals surface area contributed by atoms with Crippen molar-refractivity contribution in [1.82, 2.24) is 0 Å². The number of aliphatic hydroxyl groups is 1. The second kappa shape index (κ2) is 10.1. The Morgan fingerprint density at radius 3 is 2.50 bits per heavy atom. The Kier molecular flexibility index (Phi) is 7.35. The van der Waals surface area contributed by atoms with Crippen LogP contribution in [0.15, 0.2) is 11.6 Å². The van der Waals surface area contributed by atoms with Gasteiger partial charge in [-0.1, -0.05) is 45.3 Å². The summed E-state index contributed by atoms with van der Waals surface area (Å²) >= 11 is 0. The fraction of sp³-hybridized carbons (Fsp3) is 0.871. The summed E-state index contributed by atoms with van der Waals surface area (Å²) < 4.78 is 20.0. The number of carbonyl (C=O) groups is 2. The largest absolute Gasteiger partial charge is 0.462 e. The molecule has 0 spiro atoms. The normalized spacial score (nSPS) is 42.1. The Hall–Kier alpha value is -1.36. The fourth-order valence-corrected chi connectivity index (χ4v) is 9.23. The van der Waals surface area contributed by atoms with Crippen molar-refractivity contribution in [3.63, 3.8) is 0 Å². The van der Waals surface area contributed by atoms with Crippen LogP contribution in [0.25, 0.3) is 0 Å². The average molecular weight is 504 g/mol. The standard InChI is InChI=1S/C31H50O5/c1-19(9-8-15-29(4,5)34)25-12-13-26-24-11-10-22-17-23(35-20(2)32)18-28(36-21(3)33)31(22,7)27(24)14-16-30(25,26)6/h10,19,23-28,34H,8-9,11-18H2,1-7H3/t19-,23?,24+,25-,26+,27+,28+,30-,31+/m1/s1/i15D/t15?,19-,23?,24+,25-,26+,27+,28+,30-,31+. The van der Waals surface area contributed by atoms with Gasteiger partial charge in [-0.3, -0.25) is 9.59 Å². The topological polar surface area (TPSA) is 72.8 Å². The van der Waals surface area contributed by atoms with E-state index in [0.717, 1.165) is 32.1 Å². The first-order chi connectivity index (χ1) is 17.2. The molecular formula is C31H50O5. The maximum Gasteiger partial charge on any atom is 0.302 e. The smallest absolute Gasteiger partial charge is 0.302 e. The van der Waals surface area contributed by atoms with Crippen LogP contribution in [-0.4, -0.2) is 34.9 Å². The molecule has 0 radical (unpaired) electrons. The number of allylic oxidation sites excluding steroid dienone is 1. The molecule has 0 saturated heterocycles. The molecule has 4 aliphatic carbocycles. The molecule has 2 unspecified atom stereocenters. The molecule has 0 aromatic rings. The number of ether oxygens (including phenoxy) is 2. The molecule has 5 heteroatoms. The minimum absolute atomic E-state index is 0.207. The van der Waals surface area contributed by atoms with Crippen LogP contribution in [0.2, 0.25) is 0 Å². The third-order valence-corrected chi connectivity index (χ3v) is 10.8. The van der Waals surface area contributed by atoms with Gasteiger partial charge >= 0.3 is 11.9 Å². The maximum absolute atomic E-state index is 12.2. The average Bonchev–Trinajstić information content (AvgIpc) is 3.14. The van der Waals surface area contributed by atoms with E-state index in [-0.39, 0.29) is 29.6 Å². The maximum atomic E-state index is 12.2. The van der Waals surface area contributed by atoms with Gasteiger partial charge in [0, 0.05) is 33.5 Å². The van der Waals surface area contributed by atoms with Crippen LogP contribution in [0, 0.1) is 40.4 Å². The van der Waals surface area contributed by atoms with Gasteiger partial charge in [-0.2, -0.15) is 0 Å². The molecule has 204 valence electrons. The lowest BCUT2D eigenvalue weighted by Crippen LogP contribution is -2.57. The van der Waals surface area contributed by atoms with Crippen molar-refractivity contribution in [3.8, 4) is 0 Å². The molecule has 3 saturated carbocycles. The van der Waals surface area contributed by atoms with Crippen molar-refractivity contribution in [2.75, 3.05) is 0 Å². The number of carbonyl (C=O) groups excluding carboxylic acids is 2. The summed E-state index contributed by atoms with van der Waals surface area (Å²) in [6.45, 7) is 13.6. The molecule has 3 fully saturated rings. The van der Waals surface area contributed by atoms with Crippen LogP contribution < -0.4 is 0 Å². The molecule has 10 atom stereocenters. The van der Waals surface area contributed by atoms with Gasteiger partial charge in [0.05, 0.1) is 5.60 Å². The van der Waals surface area contributed by atoms with Crippen molar-refractivity contribution in [2.24, 2.45) is 40.4 Å². The monoisotopic (exact) mass is 503 g/mol. The molecule has 0 heterocycles. The zero-order valence-electron chi connectivity index (χ0n) is 24.6. The predicted octanol–water partition coefficient (Wildman–Crippen LogP) is 6.62. The summed E-state index contributed by atoms with van der Waals surface area (Å²) in [5.74, 6) is 2.35. The number of hydrogen-bond donors (Lipinski definition) is 1. The van der Waals surface area contributed by atoms with E-state index in [0.29, 0.717) is 41.4 Å². The molecule has 0 aromatic heterocycles. The third kappa shape index (κ3) is 5.15. The summed E-state index contributed by atoms with van der Waals surface area (Å²) in [6.07, 6.45) is 10.4. The van der Waals surface area contributed by atoms with Gasteiger partial charge in [-0.05, 0) is 87.4 Å². The zero-order valence-corrected chi connectivity index (χ0v) is 23.6. The Labute approximate surface area is 220 Å². The van der Waals surface area contributed by atoms with Crippen LogP contribution in [0.3, 0.4) is 0 Å². The summed E-state index contributed by atoms with van der Waals surface area (Å²) in [7, 11) is 0. The van der Waals surface area contributed by atoms with Crippen LogP contribution in [0.4, 0.5) is 0 Å². The van der Waals surface area contributed by atoms with Gasteiger partial charge in [0.2, 0.25) is 0 Å². The lowest BCUT2D eigenvalue weighted by atomic mass is 9.46. The van der Waals surface area contributed by atoms with E-state index in [1.165, 1.54) is 38.7 Å². The fourth-order valence-electron chi connectivity index (χ4n) is 9.23. The summed E-state index contributed by atoms with van der Waals surface area (Å²) in [5.41, 5.74) is 0.452. The lowest BCUT2D eigenvalue weighted by Gasteiger charge is -2.60. The molecule has 36 heavy (non-hydrogen) atoms. The van der Waals surface area contributed by atoms with Gasteiger partial charge in [0.25, 0.3) is 0 Å². The van der Waals surface area contributed by atoms with Crippen molar-refractivity contribution < 1.29 is 25.5 Å².